The van der Waals surface area contributed by atoms with Crippen molar-refractivity contribution < 1.29 is 4.79 Å². The summed E-state index contributed by atoms with van der Waals surface area (Å²) in [5.41, 5.74) is 4.05. The van der Waals surface area contributed by atoms with Crippen molar-refractivity contribution in [3.63, 3.8) is 0 Å². The quantitative estimate of drug-likeness (QED) is 0.264. The number of thiazole rings is 1. The topological polar surface area (TPSA) is 69.0 Å². The zero-order chi connectivity index (χ0) is 23.9. The van der Waals surface area contributed by atoms with Gasteiger partial charge in [0.25, 0.3) is 5.91 Å². The third kappa shape index (κ3) is 5.97. The van der Waals surface area contributed by atoms with Gasteiger partial charge in [0.05, 0.1) is 18.2 Å². The molecule has 1 aromatic heterocycles. The fourth-order valence-corrected chi connectivity index (χ4v) is 5.10. The number of hydrogen-bond donors (Lipinski definition) is 1. The van der Waals surface area contributed by atoms with Gasteiger partial charge in [0.2, 0.25) is 0 Å². The number of benzene rings is 3. The van der Waals surface area contributed by atoms with Gasteiger partial charge in [-0.15, -0.1) is 11.3 Å². The van der Waals surface area contributed by atoms with Crippen LogP contribution in [0.15, 0.2) is 78.9 Å². The number of nitrogens with one attached hydrogen (secondary N) is 1. The molecule has 0 aliphatic rings. The number of anilines is 2. The van der Waals surface area contributed by atoms with Gasteiger partial charge in [-0.05, 0) is 66.4 Å². The molecule has 0 spiro atoms. The van der Waals surface area contributed by atoms with Crippen LogP contribution in [0.1, 0.15) is 32.1 Å². The minimum atomic E-state index is -0.230. The highest BCUT2D eigenvalue weighted by molar-refractivity contribution is 7.97. The molecule has 0 saturated heterocycles. The van der Waals surface area contributed by atoms with Crippen LogP contribution in [0.25, 0.3) is 0 Å². The van der Waals surface area contributed by atoms with E-state index in [1.54, 1.807) is 12.1 Å². The Balaban J connectivity index is 1.53. The molecule has 0 radical (unpaired) electrons. The van der Waals surface area contributed by atoms with Gasteiger partial charge in [0.15, 0.2) is 5.13 Å². The van der Waals surface area contributed by atoms with Gasteiger partial charge in [-0.25, -0.2) is 4.98 Å². The lowest BCUT2D eigenvalue weighted by Crippen LogP contribution is -2.19. The van der Waals surface area contributed by atoms with E-state index in [4.69, 9.17) is 21.8 Å². The highest BCUT2D eigenvalue weighted by Gasteiger charge is 2.20. The average molecular weight is 505 g/mol. The molecule has 4 rings (SSSR count). The van der Waals surface area contributed by atoms with Gasteiger partial charge in [0.1, 0.15) is 5.69 Å². The SMILES string of the molecule is Cc1sc(N(Cc2ccccc2)c2ccc(C#N)cc2)nc1C(=O)NSCc1cccc(Cl)c1. The predicted molar refractivity (Wildman–Crippen MR) is 141 cm³/mol. The molecule has 4 aromatic rings. The molecular formula is C26H21ClN4OS2. The first kappa shape index (κ1) is 23.8. The van der Waals surface area contributed by atoms with Crippen LogP contribution in [0, 0.1) is 18.3 Å². The molecular weight excluding hydrogens is 484 g/mol. The van der Waals surface area contributed by atoms with Crippen LogP contribution in [0.3, 0.4) is 0 Å². The normalized spacial score (nSPS) is 10.5. The summed E-state index contributed by atoms with van der Waals surface area (Å²) in [6.45, 7) is 2.49. The molecule has 0 saturated carbocycles. The lowest BCUT2D eigenvalue weighted by atomic mass is 10.2. The van der Waals surface area contributed by atoms with Crippen molar-refractivity contribution >= 4 is 51.6 Å². The van der Waals surface area contributed by atoms with E-state index in [-0.39, 0.29) is 5.91 Å². The number of hydrogen-bond acceptors (Lipinski definition) is 6. The fraction of sp³-hybridized carbons (Fsp3) is 0.115. The minimum Gasteiger partial charge on any atom is -0.313 e. The second-order valence-electron chi connectivity index (χ2n) is 7.48. The standard InChI is InChI=1S/C26H21ClN4OS2/c1-18-24(25(32)30-33-17-21-8-5-9-22(27)14-21)29-26(34-18)31(16-20-6-3-2-4-7-20)23-12-10-19(15-28)11-13-23/h2-14H,16-17H2,1H3,(H,30,32). The van der Waals surface area contributed by atoms with Crippen LogP contribution in [0.2, 0.25) is 5.02 Å². The summed E-state index contributed by atoms with van der Waals surface area (Å²) in [6, 6.07) is 27.2. The predicted octanol–water partition coefficient (Wildman–Crippen LogP) is 6.89. The summed E-state index contributed by atoms with van der Waals surface area (Å²) in [4.78, 5) is 20.5. The van der Waals surface area contributed by atoms with E-state index >= 15 is 0 Å². The Morgan fingerprint density at radius 1 is 1.09 bits per heavy atom. The average Bonchev–Trinajstić information content (AvgIpc) is 3.24. The van der Waals surface area contributed by atoms with Gasteiger partial charge in [-0.1, -0.05) is 54.1 Å². The van der Waals surface area contributed by atoms with E-state index in [1.807, 2.05) is 61.5 Å². The zero-order valence-electron chi connectivity index (χ0n) is 18.4. The Morgan fingerprint density at radius 2 is 1.82 bits per heavy atom. The molecule has 1 heterocycles. The van der Waals surface area contributed by atoms with Crippen molar-refractivity contribution in [2.45, 2.75) is 19.2 Å². The number of rotatable bonds is 8. The maximum absolute atomic E-state index is 12.9. The van der Waals surface area contributed by atoms with Crippen LogP contribution < -0.4 is 9.62 Å². The Hall–Kier alpha value is -3.31. The highest BCUT2D eigenvalue weighted by atomic mass is 35.5. The summed E-state index contributed by atoms with van der Waals surface area (Å²) in [5.74, 6) is 0.375. The number of aryl methyl sites for hydroxylation is 1. The number of amides is 1. The smallest absolute Gasteiger partial charge is 0.280 e. The van der Waals surface area contributed by atoms with Crippen LogP contribution in [0.5, 0.6) is 0 Å². The summed E-state index contributed by atoms with van der Waals surface area (Å²) >= 11 is 8.81. The number of carbonyl (C=O) groups is 1. The molecule has 0 atom stereocenters. The number of nitrogens with zero attached hydrogens (tertiary/aromatic N) is 3. The van der Waals surface area contributed by atoms with E-state index in [2.05, 4.69) is 27.8 Å². The third-order valence-corrected chi connectivity index (χ3v) is 7.05. The van der Waals surface area contributed by atoms with Crippen molar-refractivity contribution in [1.82, 2.24) is 9.71 Å². The van der Waals surface area contributed by atoms with Gasteiger partial charge >= 0.3 is 0 Å². The Morgan fingerprint density at radius 3 is 2.53 bits per heavy atom. The molecule has 0 aliphatic carbocycles. The molecule has 0 aliphatic heterocycles. The zero-order valence-corrected chi connectivity index (χ0v) is 20.8. The molecule has 5 nitrogen and oxygen atoms in total. The van der Waals surface area contributed by atoms with E-state index in [0.717, 1.165) is 26.8 Å². The monoisotopic (exact) mass is 504 g/mol. The van der Waals surface area contributed by atoms with Crippen LogP contribution in [0.4, 0.5) is 10.8 Å². The molecule has 0 bridgehead atoms. The highest BCUT2D eigenvalue weighted by Crippen LogP contribution is 2.33. The molecule has 34 heavy (non-hydrogen) atoms. The number of carbonyl (C=O) groups excluding carboxylic acids is 1. The third-order valence-electron chi connectivity index (χ3n) is 5.02. The van der Waals surface area contributed by atoms with Crippen LogP contribution in [-0.4, -0.2) is 10.9 Å². The van der Waals surface area contributed by atoms with Crippen molar-refractivity contribution in [3.8, 4) is 6.07 Å². The molecule has 1 N–H and O–H groups in total. The molecule has 3 aromatic carbocycles. The molecule has 170 valence electrons. The van der Waals surface area contributed by atoms with Gasteiger partial charge in [0, 0.05) is 21.3 Å². The van der Waals surface area contributed by atoms with Gasteiger partial charge in [-0.2, -0.15) is 5.26 Å². The fourth-order valence-electron chi connectivity index (χ4n) is 3.32. The van der Waals surface area contributed by atoms with E-state index in [9.17, 15) is 4.79 Å². The number of halogens is 1. The first-order valence-corrected chi connectivity index (χ1v) is 12.7. The molecule has 8 heteroatoms. The van der Waals surface area contributed by atoms with Crippen LogP contribution >= 0.6 is 34.9 Å². The Bertz CT molecular complexity index is 1320. The lowest BCUT2D eigenvalue weighted by molar-refractivity contribution is 0.0979. The minimum absolute atomic E-state index is 0.230. The first-order valence-electron chi connectivity index (χ1n) is 10.5. The summed E-state index contributed by atoms with van der Waals surface area (Å²) in [5, 5.41) is 10.5. The van der Waals surface area contributed by atoms with Crippen LogP contribution in [-0.2, 0) is 12.3 Å². The Labute approximate surface area is 212 Å². The van der Waals surface area contributed by atoms with Crippen molar-refractivity contribution in [2.75, 3.05) is 4.90 Å². The van der Waals surface area contributed by atoms with Crippen molar-refractivity contribution in [3.05, 3.63) is 111 Å². The Kier molecular flexibility index (Phi) is 7.86. The summed E-state index contributed by atoms with van der Waals surface area (Å²) in [7, 11) is 0. The second-order valence-corrected chi connectivity index (χ2v) is 9.88. The van der Waals surface area contributed by atoms with Crippen molar-refractivity contribution in [1.29, 1.82) is 5.26 Å². The maximum Gasteiger partial charge on any atom is 0.280 e. The van der Waals surface area contributed by atoms with Gasteiger partial charge < -0.3 is 4.90 Å². The van der Waals surface area contributed by atoms with Crippen molar-refractivity contribution in [2.24, 2.45) is 0 Å². The lowest BCUT2D eigenvalue weighted by Gasteiger charge is -2.22. The first-order chi connectivity index (χ1) is 16.5. The maximum atomic E-state index is 12.9. The van der Waals surface area contributed by atoms with Gasteiger partial charge in [-0.3, -0.25) is 9.52 Å². The summed E-state index contributed by atoms with van der Waals surface area (Å²) in [6.07, 6.45) is 0. The summed E-state index contributed by atoms with van der Waals surface area (Å²) < 4.78 is 2.89. The molecule has 1 amide bonds. The van der Waals surface area contributed by atoms with E-state index in [0.29, 0.717) is 28.6 Å². The van der Waals surface area contributed by atoms with E-state index in [1.165, 1.54) is 23.3 Å². The van der Waals surface area contributed by atoms with E-state index < -0.39 is 0 Å². The molecule has 0 fully saturated rings. The second kappa shape index (κ2) is 11.2. The number of aromatic nitrogens is 1. The molecule has 0 unspecified atom stereocenters. The number of nitriles is 1. The largest absolute Gasteiger partial charge is 0.313 e.